The molecule has 1 aromatic heterocycles. The van der Waals surface area contributed by atoms with Gasteiger partial charge >= 0.3 is 0 Å². The van der Waals surface area contributed by atoms with Crippen LogP contribution >= 0.6 is 0 Å². The van der Waals surface area contributed by atoms with Crippen LogP contribution in [0, 0.1) is 0 Å². The molecule has 174 valence electrons. The smallest absolute Gasteiger partial charge is 0.280 e. The molecular weight excluding hydrogens is 434 g/mol. The van der Waals surface area contributed by atoms with E-state index in [-0.39, 0.29) is 6.42 Å². The zero-order valence-corrected chi connectivity index (χ0v) is 19.0. The summed E-state index contributed by atoms with van der Waals surface area (Å²) in [4.78, 5) is 28.8. The Kier molecular flexibility index (Phi) is 7.61. The molecule has 1 aliphatic heterocycles. The maximum absolute atomic E-state index is 13.6. The topological polar surface area (TPSA) is 134 Å². The van der Waals surface area contributed by atoms with Gasteiger partial charge in [-0.15, -0.1) is 0 Å². The molecule has 2 aromatic rings. The molecule has 1 saturated heterocycles. The van der Waals surface area contributed by atoms with Crippen LogP contribution in [0.4, 0.5) is 0 Å². The van der Waals surface area contributed by atoms with Crippen LogP contribution in [0.2, 0.25) is 0 Å². The van der Waals surface area contributed by atoms with Gasteiger partial charge in [0, 0.05) is 32.4 Å². The zero-order chi connectivity index (χ0) is 23.3. The summed E-state index contributed by atoms with van der Waals surface area (Å²) in [7, 11) is -2.03. The lowest BCUT2D eigenvalue weighted by atomic mass is 10.1. The van der Waals surface area contributed by atoms with Crippen LogP contribution in [-0.2, 0) is 26.2 Å². The molecule has 3 N–H and O–H groups in total. The van der Waals surface area contributed by atoms with E-state index in [1.54, 1.807) is 18.2 Å². The summed E-state index contributed by atoms with van der Waals surface area (Å²) in [5.41, 5.74) is 6.23. The van der Waals surface area contributed by atoms with E-state index in [0.29, 0.717) is 26.2 Å². The number of nitrogens with two attached hydrogens (primary N) is 1. The van der Waals surface area contributed by atoms with Crippen LogP contribution in [0.25, 0.3) is 0 Å². The van der Waals surface area contributed by atoms with Crippen molar-refractivity contribution in [3.63, 3.8) is 0 Å². The first-order chi connectivity index (χ1) is 15.2. The fraction of sp³-hybridized carbons (Fsp3) is 0.450. The number of carbonyl (C=O) groups excluding carboxylic acids is 2. The number of amides is 2. The first-order valence-corrected chi connectivity index (χ1v) is 11.7. The highest BCUT2D eigenvalue weighted by molar-refractivity contribution is 7.87. The second-order valence-electron chi connectivity index (χ2n) is 7.76. The average Bonchev–Trinajstić information content (AvgIpc) is 3.28. The van der Waals surface area contributed by atoms with Gasteiger partial charge in [-0.05, 0) is 32.0 Å². The summed E-state index contributed by atoms with van der Waals surface area (Å²) in [5.74, 6) is -1.38. The van der Waals surface area contributed by atoms with Crippen LogP contribution < -0.4 is 15.5 Å². The van der Waals surface area contributed by atoms with Crippen LogP contribution in [0.1, 0.15) is 12.5 Å². The van der Waals surface area contributed by atoms with Crippen LogP contribution in [0.3, 0.4) is 0 Å². The lowest BCUT2D eigenvalue weighted by Crippen LogP contribution is -2.61. The summed E-state index contributed by atoms with van der Waals surface area (Å²) in [6.45, 7) is 3.29. The number of primary amides is 1. The molecule has 0 radical (unpaired) electrons. The van der Waals surface area contributed by atoms with Crippen molar-refractivity contribution in [3.8, 4) is 0 Å². The molecule has 0 unspecified atom stereocenters. The van der Waals surface area contributed by atoms with Gasteiger partial charge in [0.1, 0.15) is 12.1 Å². The number of hydrogen-bond acceptors (Lipinski definition) is 6. The van der Waals surface area contributed by atoms with Gasteiger partial charge in [0.05, 0.1) is 6.20 Å². The summed E-state index contributed by atoms with van der Waals surface area (Å²) < 4.78 is 30.1. The van der Waals surface area contributed by atoms with E-state index in [2.05, 4.69) is 9.82 Å². The standard InChI is InChI=1S/C20H29N7O4S/c1-16(19(21)28)27(26-10-6-9-22-26)20(29)18(15-17-7-4-3-5-8-17)23-32(30,31)25-13-11-24(2)12-14-25/h3-10,16,18,23H,11-15H2,1-2H3,(H2,21,28)/t16-,18-/m0/s1. The van der Waals surface area contributed by atoms with Gasteiger partial charge in [0.2, 0.25) is 5.91 Å². The van der Waals surface area contributed by atoms with E-state index in [4.69, 9.17) is 5.73 Å². The number of nitrogens with one attached hydrogen (secondary N) is 1. The summed E-state index contributed by atoms with van der Waals surface area (Å²) >= 11 is 0. The quantitative estimate of drug-likeness (QED) is 0.486. The van der Waals surface area contributed by atoms with E-state index >= 15 is 0 Å². The molecule has 12 heteroatoms. The maximum Gasteiger partial charge on any atom is 0.280 e. The molecule has 3 rings (SSSR count). The number of carbonyl (C=O) groups is 2. The van der Waals surface area contributed by atoms with Crippen molar-refractivity contribution in [2.45, 2.75) is 25.4 Å². The van der Waals surface area contributed by atoms with Gasteiger partial charge in [-0.25, -0.2) is 5.01 Å². The van der Waals surface area contributed by atoms with Gasteiger partial charge in [-0.2, -0.15) is 27.3 Å². The normalized spacial score (nSPS) is 17.6. The first-order valence-electron chi connectivity index (χ1n) is 10.3. The van der Waals surface area contributed by atoms with Crippen LogP contribution in [0.15, 0.2) is 48.8 Å². The van der Waals surface area contributed by atoms with Crippen molar-refractivity contribution in [1.82, 2.24) is 23.8 Å². The first kappa shape index (κ1) is 23.9. The number of aromatic nitrogens is 2. The van der Waals surface area contributed by atoms with Crippen molar-refractivity contribution in [2.75, 3.05) is 38.2 Å². The van der Waals surface area contributed by atoms with Crippen molar-refractivity contribution in [3.05, 3.63) is 54.4 Å². The molecule has 2 atom stereocenters. The highest BCUT2D eigenvalue weighted by Crippen LogP contribution is 2.12. The number of likely N-dealkylation sites (N-methyl/N-ethyl adjacent to an activating group) is 1. The zero-order valence-electron chi connectivity index (χ0n) is 18.2. The van der Waals surface area contributed by atoms with Crippen LogP contribution in [-0.4, -0.2) is 84.6 Å². The summed E-state index contributed by atoms with van der Waals surface area (Å²) in [6, 6.07) is 8.43. The molecule has 2 amide bonds. The van der Waals surface area contributed by atoms with E-state index in [9.17, 15) is 18.0 Å². The molecular formula is C20H29N7O4S. The fourth-order valence-electron chi connectivity index (χ4n) is 3.45. The third kappa shape index (κ3) is 5.71. The van der Waals surface area contributed by atoms with Crippen molar-refractivity contribution in [1.29, 1.82) is 0 Å². The minimum absolute atomic E-state index is 0.0932. The van der Waals surface area contributed by atoms with Crippen molar-refractivity contribution >= 4 is 22.0 Å². The monoisotopic (exact) mass is 463 g/mol. The Morgan fingerprint density at radius 1 is 1.16 bits per heavy atom. The Bertz CT molecular complexity index is 1010. The van der Waals surface area contributed by atoms with Gasteiger partial charge < -0.3 is 10.6 Å². The van der Waals surface area contributed by atoms with Gasteiger partial charge in [0.25, 0.3) is 16.1 Å². The molecule has 1 aliphatic rings. The predicted octanol–water partition coefficient (Wildman–Crippen LogP) is -1.09. The largest absolute Gasteiger partial charge is 0.368 e. The third-order valence-corrected chi connectivity index (χ3v) is 7.02. The molecule has 2 heterocycles. The predicted molar refractivity (Wildman–Crippen MR) is 119 cm³/mol. The molecule has 32 heavy (non-hydrogen) atoms. The number of benzene rings is 1. The van der Waals surface area contributed by atoms with Gasteiger partial charge in [-0.1, -0.05) is 30.3 Å². The number of nitrogens with zero attached hydrogens (tertiary/aromatic N) is 5. The molecule has 11 nitrogen and oxygen atoms in total. The SMILES string of the molecule is C[C@@H](C(N)=O)N(C(=O)[C@H](Cc1ccccc1)NS(=O)(=O)N1CCN(C)CC1)n1cccn1. The minimum atomic E-state index is -3.96. The summed E-state index contributed by atoms with van der Waals surface area (Å²) in [5, 5.41) is 5.12. The van der Waals surface area contributed by atoms with E-state index in [1.807, 2.05) is 30.1 Å². The molecule has 0 aliphatic carbocycles. The highest BCUT2D eigenvalue weighted by atomic mass is 32.2. The molecule has 1 fully saturated rings. The van der Waals surface area contributed by atoms with Gasteiger partial charge in [0.15, 0.2) is 0 Å². The summed E-state index contributed by atoms with van der Waals surface area (Å²) in [6.07, 6.45) is 3.04. The number of rotatable bonds is 9. The molecule has 1 aromatic carbocycles. The molecule has 0 spiro atoms. The Morgan fingerprint density at radius 2 is 1.81 bits per heavy atom. The molecule has 0 bridgehead atoms. The number of hydrogen-bond donors (Lipinski definition) is 2. The van der Waals surface area contributed by atoms with Crippen molar-refractivity contribution < 1.29 is 18.0 Å². The fourth-order valence-corrected chi connectivity index (χ4v) is 4.79. The highest BCUT2D eigenvalue weighted by Gasteiger charge is 2.36. The van der Waals surface area contributed by atoms with E-state index in [0.717, 1.165) is 10.6 Å². The average molecular weight is 464 g/mol. The second kappa shape index (κ2) is 10.2. The lowest BCUT2D eigenvalue weighted by molar-refractivity contribution is -0.127. The van der Waals surface area contributed by atoms with E-state index < -0.39 is 34.1 Å². The third-order valence-electron chi connectivity index (χ3n) is 5.39. The lowest BCUT2D eigenvalue weighted by Gasteiger charge is -2.34. The second-order valence-corrected chi connectivity index (χ2v) is 9.46. The Hall–Kier alpha value is -2.80. The van der Waals surface area contributed by atoms with E-state index in [1.165, 1.54) is 28.4 Å². The van der Waals surface area contributed by atoms with Crippen LogP contribution in [0.5, 0.6) is 0 Å². The maximum atomic E-state index is 13.6. The molecule has 0 saturated carbocycles. The Labute approximate surface area is 187 Å². The van der Waals surface area contributed by atoms with Gasteiger partial charge in [-0.3, -0.25) is 9.59 Å². The Balaban J connectivity index is 1.92. The number of piperazine rings is 1. The Morgan fingerprint density at radius 3 is 2.38 bits per heavy atom. The minimum Gasteiger partial charge on any atom is -0.368 e. The van der Waals surface area contributed by atoms with Crippen molar-refractivity contribution in [2.24, 2.45) is 5.73 Å².